The van der Waals surface area contributed by atoms with Crippen LogP contribution in [0.1, 0.15) is 46.5 Å². The average Bonchev–Trinajstić information content (AvgIpc) is 2.28. The van der Waals surface area contributed by atoms with Gasteiger partial charge in [-0.05, 0) is 31.6 Å². The number of nitrogens with zero attached hydrogens (tertiary/aromatic N) is 1. The van der Waals surface area contributed by atoms with Gasteiger partial charge in [0, 0.05) is 6.04 Å². The van der Waals surface area contributed by atoms with Crippen molar-refractivity contribution in [2.24, 2.45) is 22.7 Å². The molecule has 3 unspecified atom stereocenters. The maximum atomic E-state index is 8.63. The molecule has 94 valence electrons. The van der Waals surface area contributed by atoms with E-state index in [9.17, 15) is 0 Å². The van der Waals surface area contributed by atoms with Gasteiger partial charge in [0.25, 0.3) is 0 Å². The lowest BCUT2D eigenvalue weighted by Crippen LogP contribution is -2.49. The molecule has 16 heavy (non-hydrogen) atoms. The van der Waals surface area contributed by atoms with Crippen LogP contribution in [0.15, 0.2) is 5.16 Å². The molecule has 1 aliphatic rings. The Morgan fingerprint density at radius 2 is 1.94 bits per heavy atom. The Labute approximate surface area is 98.3 Å². The summed E-state index contributed by atoms with van der Waals surface area (Å²) in [6, 6.07) is 0.457. The molecule has 1 saturated carbocycles. The van der Waals surface area contributed by atoms with Crippen LogP contribution in [0.2, 0.25) is 0 Å². The molecule has 0 amide bonds. The quantitative estimate of drug-likeness (QED) is 0.297. The summed E-state index contributed by atoms with van der Waals surface area (Å²) in [4.78, 5) is 0. The summed E-state index contributed by atoms with van der Waals surface area (Å²) in [5.41, 5.74) is 5.59. The maximum absolute atomic E-state index is 8.63. The summed E-state index contributed by atoms with van der Waals surface area (Å²) in [7, 11) is 0. The first kappa shape index (κ1) is 13.3. The third kappa shape index (κ3) is 3.37. The highest BCUT2D eigenvalue weighted by atomic mass is 16.4. The lowest BCUT2D eigenvalue weighted by atomic mass is 9.77. The summed E-state index contributed by atoms with van der Waals surface area (Å²) in [5.74, 6) is 1.67. The van der Waals surface area contributed by atoms with Gasteiger partial charge in [-0.2, -0.15) is 0 Å². The van der Waals surface area contributed by atoms with Crippen LogP contribution in [0.5, 0.6) is 0 Å². The van der Waals surface area contributed by atoms with Gasteiger partial charge in [0.2, 0.25) is 0 Å². The molecule has 0 aromatic carbocycles. The summed E-state index contributed by atoms with van der Waals surface area (Å²) in [6.07, 6.45) is 5.10. The number of oxime groups is 1. The number of rotatable bonds is 4. The highest BCUT2D eigenvalue weighted by molar-refractivity contribution is 5.84. The lowest BCUT2D eigenvalue weighted by molar-refractivity contribution is 0.201. The van der Waals surface area contributed by atoms with Crippen molar-refractivity contribution >= 4 is 5.84 Å². The summed E-state index contributed by atoms with van der Waals surface area (Å²) in [6.45, 7) is 6.50. The van der Waals surface area contributed by atoms with Crippen molar-refractivity contribution in [3.05, 3.63) is 0 Å². The van der Waals surface area contributed by atoms with E-state index < -0.39 is 0 Å². The molecule has 1 aliphatic carbocycles. The van der Waals surface area contributed by atoms with Crippen LogP contribution in [0, 0.1) is 11.8 Å². The van der Waals surface area contributed by atoms with Gasteiger partial charge in [0.1, 0.15) is 0 Å². The predicted octanol–water partition coefficient (Wildman–Crippen LogP) is 1.93. The smallest absolute Gasteiger partial charge is 0.156 e. The van der Waals surface area contributed by atoms with E-state index in [-0.39, 0.29) is 11.9 Å². The molecule has 1 rings (SSSR count). The van der Waals surface area contributed by atoms with Gasteiger partial charge in [-0.3, -0.25) is 0 Å². The first-order valence-electron chi connectivity index (χ1n) is 6.29. The molecule has 0 bridgehead atoms. The number of nitrogens with two attached hydrogens (primary N) is 1. The normalized spacial score (nSPS) is 29.4. The van der Waals surface area contributed by atoms with Gasteiger partial charge in [0.15, 0.2) is 5.84 Å². The molecule has 4 nitrogen and oxygen atoms in total. The fraction of sp³-hybridized carbons (Fsp3) is 0.917. The molecular formula is C12H25N3O. The van der Waals surface area contributed by atoms with Crippen LogP contribution in [0.3, 0.4) is 0 Å². The van der Waals surface area contributed by atoms with Crippen molar-refractivity contribution in [3.8, 4) is 0 Å². The molecule has 0 aromatic rings. The molecule has 1 fully saturated rings. The van der Waals surface area contributed by atoms with Crippen molar-refractivity contribution in [2.45, 2.75) is 58.5 Å². The van der Waals surface area contributed by atoms with Crippen molar-refractivity contribution in [3.63, 3.8) is 0 Å². The molecule has 0 heterocycles. The fourth-order valence-corrected chi connectivity index (χ4v) is 2.66. The van der Waals surface area contributed by atoms with Crippen LogP contribution in [0.25, 0.3) is 0 Å². The first-order chi connectivity index (χ1) is 7.56. The molecule has 0 aromatic heterocycles. The van der Waals surface area contributed by atoms with E-state index in [2.05, 4.69) is 24.3 Å². The van der Waals surface area contributed by atoms with E-state index in [0.717, 1.165) is 0 Å². The van der Waals surface area contributed by atoms with Gasteiger partial charge >= 0.3 is 0 Å². The molecular weight excluding hydrogens is 202 g/mol. The topological polar surface area (TPSA) is 70.6 Å². The summed E-state index contributed by atoms with van der Waals surface area (Å²) in [5, 5.41) is 15.2. The second kappa shape index (κ2) is 6.09. The highest BCUT2D eigenvalue weighted by Gasteiger charge is 2.28. The van der Waals surface area contributed by atoms with E-state index in [1.54, 1.807) is 0 Å². The lowest BCUT2D eigenvalue weighted by Gasteiger charge is -2.36. The maximum Gasteiger partial charge on any atom is 0.156 e. The largest absolute Gasteiger partial charge is 0.409 e. The predicted molar refractivity (Wildman–Crippen MR) is 66.6 cm³/mol. The highest BCUT2D eigenvalue weighted by Crippen LogP contribution is 2.30. The zero-order valence-corrected chi connectivity index (χ0v) is 10.6. The van der Waals surface area contributed by atoms with Gasteiger partial charge in [-0.15, -0.1) is 0 Å². The van der Waals surface area contributed by atoms with E-state index in [1.807, 2.05) is 6.92 Å². The number of nitrogens with one attached hydrogen (secondary N) is 1. The summed E-state index contributed by atoms with van der Waals surface area (Å²) >= 11 is 0. The number of amidine groups is 1. The van der Waals surface area contributed by atoms with E-state index in [4.69, 9.17) is 10.9 Å². The number of hydrogen-bond donors (Lipinski definition) is 3. The van der Waals surface area contributed by atoms with Crippen molar-refractivity contribution in [2.75, 3.05) is 0 Å². The Kier molecular flexibility index (Phi) is 5.06. The monoisotopic (exact) mass is 227 g/mol. The Bertz CT molecular complexity index is 240. The molecule has 4 N–H and O–H groups in total. The Hall–Kier alpha value is -0.770. The molecule has 4 heteroatoms. The average molecular weight is 227 g/mol. The number of hydrogen-bond acceptors (Lipinski definition) is 3. The zero-order chi connectivity index (χ0) is 12.1. The Balaban J connectivity index is 2.56. The standard InChI is InChI=1S/C12H25N3O/c1-8(2)10-6-4-5-7-11(10)14-9(3)12(13)15-16/h8-11,14,16H,4-7H2,1-3H3,(H2,13,15). The van der Waals surface area contributed by atoms with Gasteiger partial charge in [-0.25, -0.2) is 0 Å². The van der Waals surface area contributed by atoms with Gasteiger partial charge < -0.3 is 16.3 Å². The second-order valence-corrected chi connectivity index (χ2v) is 5.21. The third-order valence-corrected chi connectivity index (χ3v) is 3.70. The van der Waals surface area contributed by atoms with Crippen LogP contribution in [0.4, 0.5) is 0 Å². The molecule has 0 saturated heterocycles. The van der Waals surface area contributed by atoms with E-state index in [1.165, 1.54) is 25.7 Å². The van der Waals surface area contributed by atoms with Crippen molar-refractivity contribution in [1.82, 2.24) is 5.32 Å². The van der Waals surface area contributed by atoms with Gasteiger partial charge in [-0.1, -0.05) is 31.8 Å². The molecule has 0 radical (unpaired) electrons. The van der Waals surface area contributed by atoms with E-state index in [0.29, 0.717) is 17.9 Å². The molecule has 0 spiro atoms. The molecule has 0 aliphatic heterocycles. The van der Waals surface area contributed by atoms with E-state index >= 15 is 0 Å². The molecule has 3 atom stereocenters. The summed E-state index contributed by atoms with van der Waals surface area (Å²) < 4.78 is 0. The van der Waals surface area contributed by atoms with Crippen molar-refractivity contribution < 1.29 is 5.21 Å². The minimum absolute atomic E-state index is 0.0469. The SMILES string of the molecule is CC(NC1CCCCC1C(C)C)C(N)=NO. The zero-order valence-electron chi connectivity index (χ0n) is 10.6. The fourth-order valence-electron chi connectivity index (χ4n) is 2.66. The minimum Gasteiger partial charge on any atom is -0.409 e. The first-order valence-corrected chi connectivity index (χ1v) is 6.29. The van der Waals surface area contributed by atoms with Crippen LogP contribution < -0.4 is 11.1 Å². The Morgan fingerprint density at radius 3 is 2.50 bits per heavy atom. The Morgan fingerprint density at radius 1 is 1.31 bits per heavy atom. The van der Waals surface area contributed by atoms with Crippen LogP contribution >= 0.6 is 0 Å². The van der Waals surface area contributed by atoms with Crippen LogP contribution in [-0.4, -0.2) is 23.1 Å². The third-order valence-electron chi connectivity index (χ3n) is 3.70. The van der Waals surface area contributed by atoms with Crippen LogP contribution in [-0.2, 0) is 0 Å². The van der Waals surface area contributed by atoms with Crippen molar-refractivity contribution in [1.29, 1.82) is 0 Å². The van der Waals surface area contributed by atoms with Gasteiger partial charge in [0.05, 0.1) is 6.04 Å². The second-order valence-electron chi connectivity index (χ2n) is 5.21. The minimum atomic E-state index is -0.0469.